The van der Waals surface area contributed by atoms with Crippen LogP contribution in [0.1, 0.15) is 36.3 Å². The SMILES string of the molecule is N=C1/C(=C(/O)c2ccccc2)C(c2cccnc2)C2=C(CCCC2=O)N1c1ccc(F)cc1. The van der Waals surface area contributed by atoms with Crippen molar-refractivity contribution in [2.75, 3.05) is 4.90 Å². The summed E-state index contributed by atoms with van der Waals surface area (Å²) < 4.78 is 13.7. The summed E-state index contributed by atoms with van der Waals surface area (Å²) in [4.78, 5) is 19.2. The normalized spacial score (nSPS) is 20.0. The summed E-state index contributed by atoms with van der Waals surface area (Å²) in [5.41, 5.74) is 3.48. The summed E-state index contributed by atoms with van der Waals surface area (Å²) in [6.07, 6.45) is 5.01. The standard InChI is InChI=1S/C27H22FN3O2/c28-19-11-13-20(14-12-19)31-21-9-4-10-22(32)24(21)23(18-8-5-15-30-16-18)25(27(31)29)26(33)17-6-2-1-3-7-17/h1-3,5-8,11-16,23,29,33H,4,9-10H2/b26-25+,29-27?. The summed E-state index contributed by atoms with van der Waals surface area (Å²) >= 11 is 0. The van der Waals surface area contributed by atoms with Gasteiger partial charge in [0.25, 0.3) is 0 Å². The summed E-state index contributed by atoms with van der Waals surface area (Å²) in [5.74, 6) is -1.02. The number of ketones is 1. The van der Waals surface area contributed by atoms with Crippen molar-refractivity contribution in [2.24, 2.45) is 0 Å². The quantitative estimate of drug-likeness (QED) is 0.507. The number of Topliss-reactive ketones (excluding diaryl/α,β-unsaturated/α-hetero) is 1. The number of amidine groups is 1. The Labute approximate surface area is 191 Å². The summed E-state index contributed by atoms with van der Waals surface area (Å²) in [5, 5.41) is 20.6. The van der Waals surface area contributed by atoms with Crippen LogP contribution in [0, 0.1) is 11.2 Å². The topological polar surface area (TPSA) is 77.3 Å². The number of aromatic nitrogens is 1. The van der Waals surface area contributed by atoms with Gasteiger partial charge in [-0.25, -0.2) is 4.39 Å². The van der Waals surface area contributed by atoms with E-state index in [4.69, 9.17) is 0 Å². The van der Waals surface area contributed by atoms with E-state index in [0.717, 1.165) is 11.3 Å². The predicted octanol–water partition coefficient (Wildman–Crippen LogP) is 5.78. The van der Waals surface area contributed by atoms with Crippen LogP contribution in [0.3, 0.4) is 0 Å². The fraction of sp³-hybridized carbons (Fsp3) is 0.148. The van der Waals surface area contributed by atoms with Gasteiger partial charge in [0, 0.05) is 52.8 Å². The minimum atomic E-state index is -0.620. The number of nitrogens with one attached hydrogen (secondary N) is 1. The molecule has 0 radical (unpaired) electrons. The highest BCUT2D eigenvalue weighted by atomic mass is 19.1. The third kappa shape index (κ3) is 3.63. The highest BCUT2D eigenvalue weighted by molar-refractivity contribution is 6.19. The molecule has 1 aliphatic carbocycles. The Morgan fingerprint density at radius 2 is 1.79 bits per heavy atom. The molecule has 5 nitrogen and oxygen atoms in total. The molecule has 164 valence electrons. The zero-order valence-electron chi connectivity index (χ0n) is 17.8. The van der Waals surface area contributed by atoms with E-state index in [1.54, 1.807) is 47.6 Å². The van der Waals surface area contributed by atoms with E-state index >= 15 is 0 Å². The van der Waals surface area contributed by atoms with Gasteiger partial charge in [-0.2, -0.15) is 0 Å². The Kier molecular flexibility index (Phi) is 5.34. The number of pyridine rings is 1. The minimum Gasteiger partial charge on any atom is -0.507 e. The minimum absolute atomic E-state index is 0.0110. The maximum atomic E-state index is 13.7. The van der Waals surface area contributed by atoms with Crippen molar-refractivity contribution in [3.8, 4) is 0 Å². The van der Waals surface area contributed by atoms with Crippen LogP contribution in [0.25, 0.3) is 5.76 Å². The van der Waals surface area contributed by atoms with Crippen molar-refractivity contribution in [3.05, 3.63) is 113 Å². The number of carbonyl (C=O) groups is 1. The van der Waals surface area contributed by atoms with Crippen molar-refractivity contribution < 1.29 is 14.3 Å². The van der Waals surface area contributed by atoms with E-state index in [1.807, 2.05) is 24.3 Å². The van der Waals surface area contributed by atoms with Crippen LogP contribution >= 0.6 is 0 Å². The monoisotopic (exact) mass is 439 g/mol. The molecular weight excluding hydrogens is 417 g/mol. The zero-order chi connectivity index (χ0) is 22.9. The second-order valence-electron chi connectivity index (χ2n) is 8.15. The number of anilines is 1. The number of nitrogens with zero attached hydrogens (tertiary/aromatic N) is 2. The number of halogens is 1. The highest BCUT2D eigenvalue weighted by Crippen LogP contribution is 2.47. The number of hydrogen-bond acceptors (Lipinski definition) is 4. The number of allylic oxidation sites excluding steroid dienone is 2. The van der Waals surface area contributed by atoms with Crippen molar-refractivity contribution in [3.63, 3.8) is 0 Å². The van der Waals surface area contributed by atoms with Gasteiger partial charge >= 0.3 is 0 Å². The largest absolute Gasteiger partial charge is 0.507 e. The Morgan fingerprint density at radius 1 is 1.03 bits per heavy atom. The third-order valence-corrected chi connectivity index (χ3v) is 6.16. The summed E-state index contributed by atoms with van der Waals surface area (Å²) in [7, 11) is 0. The number of aliphatic hydroxyl groups excluding tert-OH is 1. The first-order chi connectivity index (χ1) is 16.1. The molecule has 1 aliphatic heterocycles. The average Bonchev–Trinajstić information content (AvgIpc) is 2.85. The molecule has 0 spiro atoms. The number of carbonyl (C=O) groups excluding carboxylic acids is 1. The van der Waals surface area contributed by atoms with Gasteiger partial charge in [0.05, 0.1) is 0 Å². The summed E-state index contributed by atoms with van der Waals surface area (Å²) in [6.45, 7) is 0. The van der Waals surface area contributed by atoms with Crippen molar-refractivity contribution in [1.29, 1.82) is 5.41 Å². The maximum absolute atomic E-state index is 13.7. The van der Waals surface area contributed by atoms with Gasteiger partial charge in [-0.05, 0) is 48.7 Å². The molecule has 1 aromatic heterocycles. The molecule has 2 aliphatic rings. The van der Waals surface area contributed by atoms with Crippen molar-refractivity contribution in [1.82, 2.24) is 4.98 Å². The van der Waals surface area contributed by atoms with E-state index in [2.05, 4.69) is 4.98 Å². The molecular formula is C27H22FN3O2. The Bertz CT molecular complexity index is 1280. The number of aliphatic hydroxyl groups is 1. The molecule has 0 bridgehead atoms. The fourth-order valence-corrected chi connectivity index (χ4v) is 4.70. The van der Waals surface area contributed by atoms with E-state index in [0.29, 0.717) is 41.7 Å². The van der Waals surface area contributed by atoms with E-state index in [9.17, 15) is 19.7 Å². The Morgan fingerprint density at radius 3 is 2.48 bits per heavy atom. The molecule has 2 aromatic carbocycles. The molecule has 0 saturated carbocycles. The van der Waals surface area contributed by atoms with Crippen LogP contribution in [0.5, 0.6) is 0 Å². The highest BCUT2D eigenvalue weighted by Gasteiger charge is 2.43. The number of benzene rings is 2. The van der Waals surface area contributed by atoms with Gasteiger partial charge in [-0.3, -0.25) is 20.1 Å². The van der Waals surface area contributed by atoms with Crippen LogP contribution in [0.4, 0.5) is 10.1 Å². The van der Waals surface area contributed by atoms with Crippen LogP contribution < -0.4 is 4.90 Å². The van der Waals surface area contributed by atoms with Gasteiger partial charge < -0.3 is 5.11 Å². The first-order valence-corrected chi connectivity index (χ1v) is 10.9. The smallest absolute Gasteiger partial charge is 0.161 e. The van der Waals surface area contributed by atoms with Gasteiger partial charge in [-0.15, -0.1) is 0 Å². The third-order valence-electron chi connectivity index (χ3n) is 6.16. The molecule has 1 atom stereocenters. The first-order valence-electron chi connectivity index (χ1n) is 10.9. The second kappa shape index (κ2) is 8.47. The van der Waals surface area contributed by atoms with Gasteiger partial charge in [0.15, 0.2) is 5.78 Å². The fourth-order valence-electron chi connectivity index (χ4n) is 4.70. The molecule has 2 heterocycles. The lowest BCUT2D eigenvalue weighted by molar-refractivity contribution is -0.116. The molecule has 0 saturated heterocycles. The lowest BCUT2D eigenvalue weighted by Gasteiger charge is -2.41. The van der Waals surface area contributed by atoms with E-state index < -0.39 is 5.92 Å². The average molecular weight is 439 g/mol. The molecule has 0 amide bonds. The van der Waals surface area contributed by atoms with Crippen LogP contribution in [-0.2, 0) is 4.79 Å². The van der Waals surface area contributed by atoms with Crippen molar-refractivity contribution in [2.45, 2.75) is 25.2 Å². The lowest BCUT2D eigenvalue weighted by atomic mass is 9.74. The maximum Gasteiger partial charge on any atom is 0.161 e. The molecule has 0 fully saturated rings. The zero-order valence-corrected chi connectivity index (χ0v) is 17.8. The number of hydrogen-bond donors (Lipinski definition) is 2. The molecule has 33 heavy (non-hydrogen) atoms. The van der Waals surface area contributed by atoms with Crippen LogP contribution in [0.2, 0.25) is 0 Å². The molecule has 5 rings (SSSR count). The van der Waals surface area contributed by atoms with Gasteiger partial charge in [0.1, 0.15) is 17.4 Å². The lowest BCUT2D eigenvalue weighted by Crippen LogP contribution is -2.42. The second-order valence-corrected chi connectivity index (χ2v) is 8.15. The van der Waals surface area contributed by atoms with Gasteiger partial charge in [-0.1, -0.05) is 36.4 Å². The van der Waals surface area contributed by atoms with E-state index in [1.165, 1.54) is 12.1 Å². The Hall–Kier alpha value is -4.06. The molecule has 1 unspecified atom stereocenters. The van der Waals surface area contributed by atoms with E-state index in [-0.39, 0.29) is 23.2 Å². The molecule has 2 N–H and O–H groups in total. The van der Waals surface area contributed by atoms with Crippen molar-refractivity contribution >= 4 is 23.1 Å². The molecule has 6 heteroatoms. The summed E-state index contributed by atoms with van der Waals surface area (Å²) in [6, 6.07) is 18.5. The Balaban J connectivity index is 1.82. The van der Waals surface area contributed by atoms with Crippen LogP contribution in [0.15, 0.2) is 96.0 Å². The number of rotatable bonds is 3. The van der Waals surface area contributed by atoms with Crippen LogP contribution in [-0.4, -0.2) is 21.7 Å². The first kappa shape index (κ1) is 20.8. The molecule has 3 aromatic rings. The van der Waals surface area contributed by atoms with Gasteiger partial charge in [0.2, 0.25) is 0 Å². The predicted molar refractivity (Wildman–Crippen MR) is 125 cm³/mol.